The summed E-state index contributed by atoms with van der Waals surface area (Å²) in [6, 6.07) is 6.56. The van der Waals surface area contributed by atoms with E-state index in [0.29, 0.717) is 17.7 Å². The first kappa shape index (κ1) is 13.0. The Kier molecular flexibility index (Phi) is 4.29. The highest BCUT2D eigenvalue weighted by Gasteiger charge is 2.22. The van der Waals surface area contributed by atoms with E-state index < -0.39 is 0 Å². The lowest BCUT2D eigenvalue weighted by Gasteiger charge is -2.34. The molecule has 0 aliphatic carbocycles. The Balaban J connectivity index is 2.14. The summed E-state index contributed by atoms with van der Waals surface area (Å²) in [5.41, 5.74) is 1.01. The van der Waals surface area contributed by atoms with Gasteiger partial charge in [-0.3, -0.25) is 4.90 Å². The summed E-state index contributed by atoms with van der Waals surface area (Å²) in [5, 5.41) is 18.2. The van der Waals surface area contributed by atoms with E-state index >= 15 is 0 Å². The molecule has 1 N–H and O–H groups in total. The molecular formula is C14H17FN2O. The van der Waals surface area contributed by atoms with Gasteiger partial charge in [0.15, 0.2) is 0 Å². The molecule has 1 saturated heterocycles. The van der Waals surface area contributed by atoms with Crippen molar-refractivity contribution in [3.05, 3.63) is 35.1 Å². The molecule has 1 heterocycles. The van der Waals surface area contributed by atoms with Gasteiger partial charge in [-0.25, -0.2) is 4.39 Å². The Morgan fingerprint density at radius 3 is 3.00 bits per heavy atom. The summed E-state index contributed by atoms with van der Waals surface area (Å²) in [6.07, 6.45) is 3.15. The van der Waals surface area contributed by atoms with E-state index in [0.717, 1.165) is 25.8 Å². The molecule has 4 heteroatoms. The molecule has 1 aromatic rings. The maximum Gasteiger partial charge on any atom is 0.127 e. The van der Waals surface area contributed by atoms with E-state index in [4.69, 9.17) is 5.26 Å². The van der Waals surface area contributed by atoms with E-state index in [1.54, 1.807) is 6.07 Å². The topological polar surface area (TPSA) is 47.3 Å². The van der Waals surface area contributed by atoms with Gasteiger partial charge in [-0.1, -0.05) is 6.42 Å². The molecular weight excluding hydrogens is 231 g/mol. The number of aliphatic hydroxyl groups excluding tert-OH is 1. The van der Waals surface area contributed by atoms with Crippen LogP contribution in [0.15, 0.2) is 18.2 Å². The SMILES string of the molecule is N#Cc1ccc(F)c(CN2CCCC[C@@H]2CO)c1. The second-order valence-corrected chi connectivity index (χ2v) is 4.72. The number of halogens is 1. The van der Waals surface area contributed by atoms with Gasteiger partial charge in [-0.2, -0.15) is 5.26 Å². The monoisotopic (exact) mass is 248 g/mol. The maximum atomic E-state index is 13.7. The molecule has 3 nitrogen and oxygen atoms in total. The summed E-state index contributed by atoms with van der Waals surface area (Å²) in [7, 11) is 0. The predicted molar refractivity (Wildman–Crippen MR) is 66.2 cm³/mol. The van der Waals surface area contributed by atoms with Crippen molar-refractivity contribution < 1.29 is 9.50 Å². The summed E-state index contributed by atoms with van der Waals surface area (Å²) >= 11 is 0. The van der Waals surface area contributed by atoms with Crippen LogP contribution in [-0.4, -0.2) is 29.2 Å². The van der Waals surface area contributed by atoms with Gasteiger partial charge in [-0.05, 0) is 37.6 Å². The zero-order chi connectivity index (χ0) is 13.0. The molecule has 1 aliphatic rings. The zero-order valence-corrected chi connectivity index (χ0v) is 10.3. The van der Waals surface area contributed by atoms with Gasteiger partial charge in [-0.15, -0.1) is 0 Å². The van der Waals surface area contributed by atoms with Gasteiger partial charge in [0.25, 0.3) is 0 Å². The van der Waals surface area contributed by atoms with Crippen LogP contribution < -0.4 is 0 Å². The zero-order valence-electron chi connectivity index (χ0n) is 10.3. The van der Waals surface area contributed by atoms with Crippen LogP contribution in [0.25, 0.3) is 0 Å². The van der Waals surface area contributed by atoms with Gasteiger partial charge in [0.2, 0.25) is 0 Å². The minimum atomic E-state index is -0.281. The summed E-state index contributed by atoms with van der Waals surface area (Å²) in [5.74, 6) is -0.281. The molecule has 1 atom stereocenters. The fourth-order valence-electron chi connectivity index (χ4n) is 2.46. The van der Waals surface area contributed by atoms with Crippen LogP contribution in [0.1, 0.15) is 30.4 Å². The molecule has 0 radical (unpaired) electrons. The van der Waals surface area contributed by atoms with Crippen LogP contribution in [-0.2, 0) is 6.54 Å². The Labute approximate surface area is 106 Å². The van der Waals surface area contributed by atoms with Gasteiger partial charge in [0.1, 0.15) is 5.82 Å². The van der Waals surface area contributed by atoms with Gasteiger partial charge >= 0.3 is 0 Å². The van der Waals surface area contributed by atoms with Crippen molar-refractivity contribution >= 4 is 0 Å². The van der Waals surface area contributed by atoms with E-state index in [1.807, 2.05) is 6.07 Å². The molecule has 0 unspecified atom stereocenters. The lowest BCUT2D eigenvalue weighted by molar-refractivity contribution is 0.0832. The summed E-state index contributed by atoms with van der Waals surface area (Å²) in [4.78, 5) is 2.10. The van der Waals surface area contributed by atoms with Crippen LogP contribution >= 0.6 is 0 Å². The normalized spacial score (nSPS) is 20.6. The van der Waals surface area contributed by atoms with Crippen molar-refractivity contribution in [2.45, 2.75) is 31.8 Å². The quantitative estimate of drug-likeness (QED) is 0.890. The number of rotatable bonds is 3. The molecule has 0 amide bonds. The molecule has 2 rings (SSSR count). The standard InChI is InChI=1S/C14H17FN2O/c15-14-5-4-11(8-16)7-12(14)9-17-6-2-1-3-13(17)10-18/h4-5,7,13,18H,1-3,6,9-10H2/t13-/m1/s1. The number of aliphatic hydroxyl groups is 1. The number of hydrogen-bond donors (Lipinski definition) is 1. The average molecular weight is 248 g/mol. The fourth-order valence-corrected chi connectivity index (χ4v) is 2.46. The molecule has 1 fully saturated rings. The number of piperidine rings is 1. The Morgan fingerprint density at radius 2 is 2.28 bits per heavy atom. The van der Waals surface area contributed by atoms with Gasteiger partial charge in [0.05, 0.1) is 18.2 Å². The third-order valence-electron chi connectivity index (χ3n) is 3.51. The molecule has 96 valence electrons. The van der Waals surface area contributed by atoms with E-state index in [1.165, 1.54) is 12.1 Å². The summed E-state index contributed by atoms with van der Waals surface area (Å²) < 4.78 is 13.7. The predicted octanol–water partition coefficient (Wildman–Crippen LogP) is 2.04. The lowest BCUT2D eigenvalue weighted by Crippen LogP contribution is -2.41. The van der Waals surface area contributed by atoms with Crippen LogP contribution in [0.4, 0.5) is 4.39 Å². The highest BCUT2D eigenvalue weighted by atomic mass is 19.1. The minimum absolute atomic E-state index is 0.111. The Bertz CT molecular complexity index is 456. The van der Waals surface area contributed by atoms with Crippen LogP contribution in [0.3, 0.4) is 0 Å². The number of nitrogens with zero attached hydrogens (tertiary/aromatic N) is 2. The molecule has 18 heavy (non-hydrogen) atoms. The van der Waals surface area contributed by atoms with Gasteiger partial charge < -0.3 is 5.11 Å². The van der Waals surface area contributed by atoms with Crippen molar-refractivity contribution in [3.63, 3.8) is 0 Å². The van der Waals surface area contributed by atoms with Crippen LogP contribution in [0.2, 0.25) is 0 Å². The number of nitriles is 1. The third kappa shape index (κ3) is 2.87. The van der Waals surface area contributed by atoms with Crippen molar-refractivity contribution in [2.24, 2.45) is 0 Å². The molecule has 0 saturated carbocycles. The molecule has 0 spiro atoms. The number of likely N-dealkylation sites (tertiary alicyclic amines) is 1. The second-order valence-electron chi connectivity index (χ2n) is 4.72. The smallest absolute Gasteiger partial charge is 0.127 e. The summed E-state index contributed by atoms with van der Waals surface area (Å²) in [6.45, 7) is 1.45. The Hall–Kier alpha value is -1.44. The van der Waals surface area contributed by atoms with Gasteiger partial charge in [0, 0.05) is 18.2 Å². The van der Waals surface area contributed by atoms with E-state index in [-0.39, 0.29) is 18.5 Å². The van der Waals surface area contributed by atoms with Crippen molar-refractivity contribution in [3.8, 4) is 6.07 Å². The molecule has 0 aromatic heterocycles. The molecule has 1 aliphatic heterocycles. The number of benzene rings is 1. The minimum Gasteiger partial charge on any atom is -0.395 e. The Morgan fingerprint density at radius 1 is 1.44 bits per heavy atom. The van der Waals surface area contributed by atoms with E-state index in [2.05, 4.69) is 4.90 Å². The highest BCUT2D eigenvalue weighted by Crippen LogP contribution is 2.21. The second kappa shape index (κ2) is 5.94. The molecule has 0 bridgehead atoms. The first-order chi connectivity index (χ1) is 8.74. The first-order valence-electron chi connectivity index (χ1n) is 6.28. The largest absolute Gasteiger partial charge is 0.395 e. The third-order valence-corrected chi connectivity index (χ3v) is 3.51. The number of hydrogen-bond acceptors (Lipinski definition) is 3. The lowest BCUT2D eigenvalue weighted by atomic mass is 10.0. The van der Waals surface area contributed by atoms with Crippen molar-refractivity contribution in [1.82, 2.24) is 4.90 Å². The first-order valence-corrected chi connectivity index (χ1v) is 6.28. The highest BCUT2D eigenvalue weighted by molar-refractivity contribution is 5.33. The van der Waals surface area contributed by atoms with Crippen LogP contribution in [0, 0.1) is 17.1 Å². The van der Waals surface area contributed by atoms with Crippen molar-refractivity contribution in [2.75, 3.05) is 13.2 Å². The fraction of sp³-hybridized carbons (Fsp3) is 0.500. The maximum absolute atomic E-state index is 13.7. The molecule has 1 aromatic carbocycles. The average Bonchev–Trinajstić information content (AvgIpc) is 2.42. The van der Waals surface area contributed by atoms with E-state index in [9.17, 15) is 9.50 Å². The van der Waals surface area contributed by atoms with Crippen molar-refractivity contribution in [1.29, 1.82) is 5.26 Å². The van der Waals surface area contributed by atoms with Crippen LogP contribution in [0.5, 0.6) is 0 Å².